The number of halogens is 3. The minimum Gasteiger partial charge on any atom is -0.366 e. The molecule has 0 atom stereocenters. The molecular formula is C13H9F3N2O. The predicted molar refractivity (Wildman–Crippen MR) is 63.2 cm³/mol. The lowest BCUT2D eigenvalue weighted by atomic mass is 9.98. The second-order valence-electron chi connectivity index (χ2n) is 3.81. The quantitative estimate of drug-likeness (QED) is 0.908. The first-order valence-corrected chi connectivity index (χ1v) is 5.32. The van der Waals surface area contributed by atoms with Gasteiger partial charge in [-0.05, 0) is 17.7 Å². The van der Waals surface area contributed by atoms with Gasteiger partial charge in [-0.25, -0.2) is 0 Å². The average molecular weight is 266 g/mol. The Morgan fingerprint density at radius 3 is 2.32 bits per heavy atom. The Bertz CT molecular complexity index is 623. The molecule has 0 bridgehead atoms. The van der Waals surface area contributed by atoms with E-state index in [2.05, 4.69) is 4.98 Å². The van der Waals surface area contributed by atoms with E-state index in [1.807, 2.05) is 0 Å². The average Bonchev–Trinajstić information content (AvgIpc) is 2.37. The molecule has 0 aliphatic carbocycles. The summed E-state index contributed by atoms with van der Waals surface area (Å²) in [6, 6.07) is 8.50. The second-order valence-corrected chi connectivity index (χ2v) is 3.81. The molecule has 1 heterocycles. The van der Waals surface area contributed by atoms with E-state index >= 15 is 0 Å². The van der Waals surface area contributed by atoms with E-state index in [1.165, 1.54) is 36.4 Å². The monoisotopic (exact) mass is 266 g/mol. The highest BCUT2D eigenvalue weighted by Gasteiger charge is 2.35. The molecule has 19 heavy (non-hydrogen) atoms. The Morgan fingerprint density at radius 2 is 1.68 bits per heavy atom. The molecule has 2 aromatic rings. The molecule has 0 aliphatic rings. The zero-order chi connectivity index (χ0) is 14.0. The van der Waals surface area contributed by atoms with E-state index in [9.17, 15) is 18.0 Å². The van der Waals surface area contributed by atoms with Crippen LogP contribution in [0.5, 0.6) is 0 Å². The van der Waals surface area contributed by atoms with Crippen LogP contribution < -0.4 is 5.73 Å². The van der Waals surface area contributed by atoms with Gasteiger partial charge in [-0.15, -0.1) is 0 Å². The second kappa shape index (κ2) is 4.72. The van der Waals surface area contributed by atoms with E-state index in [4.69, 9.17) is 5.73 Å². The van der Waals surface area contributed by atoms with Gasteiger partial charge in [0.05, 0.1) is 0 Å². The van der Waals surface area contributed by atoms with Gasteiger partial charge in [0, 0.05) is 17.3 Å². The molecule has 0 radical (unpaired) electrons. The van der Waals surface area contributed by atoms with Crippen molar-refractivity contribution >= 4 is 5.91 Å². The van der Waals surface area contributed by atoms with E-state index in [0.29, 0.717) is 0 Å². The van der Waals surface area contributed by atoms with Crippen LogP contribution in [-0.4, -0.2) is 10.9 Å². The molecule has 1 amide bonds. The molecule has 0 unspecified atom stereocenters. The standard InChI is InChI=1S/C13H9F3N2O/c14-13(15,16)11-9(6-3-7-18-11)8-4-1-2-5-10(8)12(17)19/h1-7H,(H2,17,19). The molecule has 0 aliphatic heterocycles. The Hall–Kier alpha value is -2.37. The molecule has 6 heteroatoms. The number of hydrogen-bond donors (Lipinski definition) is 1. The maximum absolute atomic E-state index is 12.9. The third-order valence-electron chi connectivity index (χ3n) is 2.56. The van der Waals surface area contributed by atoms with Crippen LogP contribution in [0.1, 0.15) is 16.1 Å². The summed E-state index contributed by atoms with van der Waals surface area (Å²) in [5.74, 6) is -0.785. The van der Waals surface area contributed by atoms with Gasteiger partial charge in [0.15, 0.2) is 5.69 Å². The number of rotatable bonds is 2. The molecular weight excluding hydrogens is 257 g/mol. The van der Waals surface area contributed by atoms with E-state index in [1.54, 1.807) is 0 Å². The summed E-state index contributed by atoms with van der Waals surface area (Å²) >= 11 is 0. The third kappa shape index (κ3) is 2.57. The normalized spacial score (nSPS) is 11.3. The summed E-state index contributed by atoms with van der Waals surface area (Å²) in [6.45, 7) is 0. The van der Waals surface area contributed by atoms with Gasteiger partial charge < -0.3 is 5.73 Å². The van der Waals surface area contributed by atoms with Crippen molar-refractivity contribution in [3.8, 4) is 11.1 Å². The fourth-order valence-electron chi connectivity index (χ4n) is 1.78. The molecule has 2 N–H and O–H groups in total. The maximum Gasteiger partial charge on any atom is 0.433 e. The molecule has 2 rings (SSSR count). The largest absolute Gasteiger partial charge is 0.433 e. The van der Waals surface area contributed by atoms with Crippen molar-refractivity contribution in [3.63, 3.8) is 0 Å². The summed E-state index contributed by atoms with van der Waals surface area (Å²) in [4.78, 5) is 14.6. The van der Waals surface area contributed by atoms with Crippen LogP contribution in [0.15, 0.2) is 42.6 Å². The summed E-state index contributed by atoms with van der Waals surface area (Å²) in [5.41, 5.74) is 4.12. The van der Waals surface area contributed by atoms with Crippen LogP contribution in [0, 0.1) is 0 Å². The Labute approximate surface area is 106 Å². The van der Waals surface area contributed by atoms with Crippen LogP contribution in [0.2, 0.25) is 0 Å². The molecule has 0 fully saturated rings. The summed E-state index contributed by atoms with van der Waals surface area (Å²) in [5, 5.41) is 0. The number of amides is 1. The van der Waals surface area contributed by atoms with Crippen molar-refractivity contribution < 1.29 is 18.0 Å². The van der Waals surface area contributed by atoms with Crippen LogP contribution in [0.4, 0.5) is 13.2 Å². The van der Waals surface area contributed by atoms with Gasteiger partial charge in [-0.3, -0.25) is 9.78 Å². The highest BCUT2D eigenvalue weighted by atomic mass is 19.4. The number of alkyl halides is 3. The number of benzene rings is 1. The minimum absolute atomic E-state index is 0.0287. The van der Waals surface area contributed by atoms with Crippen molar-refractivity contribution in [2.45, 2.75) is 6.18 Å². The molecule has 1 aromatic carbocycles. The van der Waals surface area contributed by atoms with Crippen molar-refractivity contribution in [3.05, 3.63) is 53.9 Å². The van der Waals surface area contributed by atoms with Gasteiger partial charge in [-0.1, -0.05) is 24.3 Å². The maximum atomic E-state index is 12.9. The van der Waals surface area contributed by atoms with Crippen LogP contribution in [0.3, 0.4) is 0 Å². The molecule has 3 nitrogen and oxygen atoms in total. The van der Waals surface area contributed by atoms with Gasteiger partial charge >= 0.3 is 6.18 Å². The zero-order valence-corrected chi connectivity index (χ0v) is 9.61. The Kier molecular flexibility index (Phi) is 3.25. The first kappa shape index (κ1) is 13.1. The van der Waals surface area contributed by atoms with Crippen LogP contribution in [-0.2, 0) is 6.18 Å². The van der Waals surface area contributed by atoms with Crippen LogP contribution >= 0.6 is 0 Å². The van der Waals surface area contributed by atoms with Crippen molar-refractivity contribution in [2.24, 2.45) is 5.73 Å². The van der Waals surface area contributed by atoms with Gasteiger partial charge in [0.25, 0.3) is 0 Å². The van der Waals surface area contributed by atoms with Gasteiger partial charge in [-0.2, -0.15) is 13.2 Å². The fraction of sp³-hybridized carbons (Fsp3) is 0.0769. The van der Waals surface area contributed by atoms with E-state index < -0.39 is 17.8 Å². The van der Waals surface area contributed by atoms with Gasteiger partial charge in [0.2, 0.25) is 5.91 Å². The number of nitrogens with two attached hydrogens (primary N) is 1. The molecule has 0 saturated carbocycles. The Morgan fingerprint density at radius 1 is 1.05 bits per heavy atom. The topological polar surface area (TPSA) is 56.0 Å². The number of aromatic nitrogens is 1. The third-order valence-corrected chi connectivity index (χ3v) is 2.56. The first-order chi connectivity index (χ1) is 8.91. The molecule has 0 spiro atoms. The highest BCUT2D eigenvalue weighted by molar-refractivity contribution is 6.00. The van der Waals surface area contributed by atoms with E-state index in [-0.39, 0.29) is 16.7 Å². The minimum atomic E-state index is -4.60. The van der Waals surface area contributed by atoms with Gasteiger partial charge in [0.1, 0.15) is 0 Å². The number of pyridine rings is 1. The smallest absolute Gasteiger partial charge is 0.366 e. The summed E-state index contributed by atoms with van der Waals surface area (Å²) in [6.07, 6.45) is -3.54. The number of carbonyl (C=O) groups excluding carboxylic acids is 1. The Balaban J connectivity index is 2.70. The predicted octanol–water partition coefficient (Wildman–Crippen LogP) is 2.87. The SMILES string of the molecule is NC(=O)c1ccccc1-c1cccnc1C(F)(F)F. The summed E-state index contributed by atoms with van der Waals surface area (Å²) in [7, 11) is 0. The van der Waals surface area contributed by atoms with E-state index in [0.717, 1.165) is 6.20 Å². The van der Waals surface area contributed by atoms with Crippen molar-refractivity contribution in [1.82, 2.24) is 4.98 Å². The summed E-state index contributed by atoms with van der Waals surface area (Å²) < 4.78 is 38.7. The fourth-order valence-corrected chi connectivity index (χ4v) is 1.78. The number of hydrogen-bond acceptors (Lipinski definition) is 2. The molecule has 0 saturated heterocycles. The number of carbonyl (C=O) groups is 1. The van der Waals surface area contributed by atoms with Crippen LogP contribution in [0.25, 0.3) is 11.1 Å². The lowest BCUT2D eigenvalue weighted by Crippen LogP contribution is -2.14. The highest BCUT2D eigenvalue weighted by Crippen LogP contribution is 2.36. The van der Waals surface area contributed by atoms with Crippen molar-refractivity contribution in [2.75, 3.05) is 0 Å². The number of primary amides is 1. The first-order valence-electron chi connectivity index (χ1n) is 5.32. The molecule has 98 valence electrons. The lowest BCUT2D eigenvalue weighted by Gasteiger charge is -2.13. The lowest BCUT2D eigenvalue weighted by molar-refractivity contribution is -0.140. The number of nitrogens with zero attached hydrogens (tertiary/aromatic N) is 1. The molecule has 1 aromatic heterocycles. The van der Waals surface area contributed by atoms with Crippen molar-refractivity contribution in [1.29, 1.82) is 0 Å². The zero-order valence-electron chi connectivity index (χ0n) is 9.61.